The van der Waals surface area contributed by atoms with Crippen LogP contribution in [-0.4, -0.2) is 0 Å². The first kappa shape index (κ1) is 14.0. The largest absolute Gasteiger partial charge is 0.0622 e. The maximum atomic E-state index is 2.45. The highest BCUT2D eigenvalue weighted by molar-refractivity contribution is 5.75. The average molecular weight is 310 g/mol. The second kappa shape index (κ2) is 4.19. The third kappa shape index (κ3) is 1.20. The van der Waals surface area contributed by atoms with Crippen LogP contribution in [0.15, 0.2) is 78.9 Å². The molecule has 0 amide bonds. The van der Waals surface area contributed by atoms with E-state index in [0.29, 0.717) is 0 Å². The van der Waals surface area contributed by atoms with Gasteiger partial charge >= 0.3 is 0 Å². The van der Waals surface area contributed by atoms with Crippen molar-refractivity contribution >= 4 is 0 Å². The standard InChI is InChI=1S/C24H22/c1-22(2)18-13-7-8-14-19(18)23(3)20-15-9-10-16-21(20)24(22,23)17-11-5-4-6-12-17/h4-16H,1-3H3. The summed E-state index contributed by atoms with van der Waals surface area (Å²) in [6.45, 7) is 7.32. The number of hydrogen-bond donors (Lipinski definition) is 0. The molecule has 2 aliphatic carbocycles. The van der Waals surface area contributed by atoms with Gasteiger partial charge in [-0.25, -0.2) is 0 Å². The molecule has 3 aromatic rings. The van der Waals surface area contributed by atoms with Gasteiger partial charge in [0.25, 0.3) is 0 Å². The number of benzene rings is 3. The summed E-state index contributed by atoms with van der Waals surface area (Å²) >= 11 is 0. The first-order valence-electron chi connectivity index (χ1n) is 8.82. The molecule has 0 radical (unpaired) electrons. The van der Waals surface area contributed by atoms with Gasteiger partial charge in [0.2, 0.25) is 0 Å². The summed E-state index contributed by atoms with van der Waals surface area (Å²) in [6, 6.07) is 29.3. The molecule has 0 heteroatoms. The highest BCUT2D eigenvalue weighted by Crippen LogP contribution is 2.74. The molecule has 0 fully saturated rings. The van der Waals surface area contributed by atoms with E-state index < -0.39 is 0 Å². The monoisotopic (exact) mass is 310 g/mol. The van der Waals surface area contributed by atoms with E-state index in [1.165, 1.54) is 27.8 Å². The Kier molecular flexibility index (Phi) is 2.45. The lowest BCUT2D eigenvalue weighted by Gasteiger charge is -2.61. The molecule has 0 saturated heterocycles. The van der Waals surface area contributed by atoms with E-state index in [2.05, 4.69) is 99.6 Å². The maximum Gasteiger partial charge on any atom is 0.0431 e. The van der Waals surface area contributed by atoms with E-state index in [9.17, 15) is 0 Å². The van der Waals surface area contributed by atoms with Crippen molar-refractivity contribution in [2.75, 3.05) is 0 Å². The van der Waals surface area contributed by atoms with Crippen LogP contribution in [0.2, 0.25) is 0 Å². The SMILES string of the molecule is CC1(C)c2ccccc2C2(C)c3ccccc3C12c1ccccc1. The van der Waals surface area contributed by atoms with Crippen LogP contribution >= 0.6 is 0 Å². The highest BCUT2D eigenvalue weighted by atomic mass is 14.7. The van der Waals surface area contributed by atoms with Gasteiger partial charge in [-0.05, 0) is 27.8 Å². The number of rotatable bonds is 1. The number of hydrogen-bond acceptors (Lipinski definition) is 0. The van der Waals surface area contributed by atoms with Crippen LogP contribution in [0, 0.1) is 0 Å². The average Bonchev–Trinajstić information content (AvgIpc) is 2.75. The molecular formula is C24H22. The molecular weight excluding hydrogens is 288 g/mol. The normalized spacial score (nSPS) is 28.5. The first-order chi connectivity index (χ1) is 11.6. The summed E-state index contributed by atoms with van der Waals surface area (Å²) < 4.78 is 0. The Labute approximate surface area is 144 Å². The van der Waals surface area contributed by atoms with E-state index in [1.807, 2.05) is 0 Å². The Balaban J connectivity index is 1.97. The topological polar surface area (TPSA) is 0 Å². The van der Waals surface area contributed by atoms with Crippen molar-refractivity contribution in [1.82, 2.24) is 0 Å². The van der Waals surface area contributed by atoms with Crippen LogP contribution in [0.1, 0.15) is 48.6 Å². The molecule has 2 unspecified atom stereocenters. The van der Waals surface area contributed by atoms with Gasteiger partial charge < -0.3 is 0 Å². The third-order valence-corrected chi connectivity index (χ3v) is 6.90. The minimum absolute atomic E-state index is 0.00153. The lowest BCUT2D eigenvalue weighted by Crippen LogP contribution is -2.61. The Morgan fingerprint density at radius 1 is 0.500 bits per heavy atom. The van der Waals surface area contributed by atoms with Crippen LogP contribution in [0.25, 0.3) is 0 Å². The van der Waals surface area contributed by atoms with Gasteiger partial charge in [0.05, 0.1) is 0 Å². The second-order valence-electron chi connectivity index (χ2n) is 7.96. The van der Waals surface area contributed by atoms with Crippen LogP contribution in [0.4, 0.5) is 0 Å². The second-order valence-corrected chi connectivity index (χ2v) is 7.96. The van der Waals surface area contributed by atoms with Crippen LogP contribution < -0.4 is 0 Å². The van der Waals surface area contributed by atoms with Crippen LogP contribution in [0.3, 0.4) is 0 Å². The van der Waals surface area contributed by atoms with Gasteiger partial charge in [0, 0.05) is 16.2 Å². The maximum absolute atomic E-state index is 2.45. The Morgan fingerprint density at radius 3 is 1.58 bits per heavy atom. The summed E-state index contributed by atoms with van der Waals surface area (Å²) in [6.07, 6.45) is 0. The Hall–Kier alpha value is -2.34. The van der Waals surface area contributed by atoms with Crippen molar-refractivity contribution in [3.8, 4) is 0 Å². The lowest BCUT2D eigenvalue weighted by molar-refractivity contribution is 0.196. The molecule has 0 heterocycles. The zero-order chi connectivity index (χ0) is 16.6. The molecule has 118 valence electrons. The van der Waals surface area contributed by atoms with Crippen molar-refractivity contribution in [1.29, 1.82) is 0 Å². The molecule has 24 heavy (non-hydrogen) atoms. The van der Waals surface area contributed by atoms with Gasteiger partial charge in [-0.1, -0.05) is 99.6 Å². The molecule has 0 aliphatic heterocycles. The molecule has 0 nitrogen and oxygen atoms in total. The lowest BCUT2D eigenvalue weighted by atomic mass is 9.40. The Bertz CT molecular complexity index is 951. The fourth-order valence-electron chi connectivity index (χ4n) is 6.12. The quantitative estimate of drug-likeness (QED) is 0.550. The van der Waals surface area contributed by atoms with E-state index in [1.54, 1.807) is 0 Å². The van der Waals surface area contributed by atoms with Gasteiger partial charge in [-0.15, -0.1) is 0 Å². The molecule has 0 spiro atoms. The summed E-state index contributed by atoms with van der Waals surface area (Å²) in [4.78, 5) is 0. The van der Waals surface area contributed by atoms with E-state index >= 15 is 0 Å². The van der Waals surface area contributed by atoms with Gasteiger partial charge in [-0.2, -0.15) is 0 Å². The summed E-state index contributed by atoms with van der Waals surface area (Å²) in [5.74, 6) is 0. The molecule has 0 N–H and O–H groups in total. The van der Waals surface area contributed by atoms with E-state index in [-0.39, 0.29) is 16.2 Å². The van der Waals surface area contributed by atoms with Crippen molar-refractivity contribution in [2.45, 2.75) is 37.0 Å². The zero-order valence-electron chi connectivity index (χ0n) is 14.5. The molecule has 2 atom stereocenters. The molecule has 5 rings (SSSR count). The summed E-state index contributed by atoms with van der Waals surface area (Å²) in [5, 5.41) is 0. The Morgan fingerprint density at radius 2 is 0.958 bits per heavy atom. The fraction of sp³-hybridized carbons (Fsp3) is 0.250. The van der Waals surface area contributed by atoms with E-state index in [4.69, 9.17) is 0 Å². The predicted octanol–water partition coefficient (Wildman–Crippen LogP) is 5.58. The summed E-state index contributed by atoms with van der Waals surface area (Å²) in [7, 11) is 0. The van der Waals surface area contributed by atoms with Gasteiger partial charge in [-0.3, -0.25) is 0 Å². The van der Waals surface area contributed by atoms with Crippen LogP contribution in [-0.2, 0) is 16.2 Å². The van der Waals surface area contributed by atoms with Crippen LogP contribution in [0.5, 0.6) is 0 Å². The smallest absolute Gasteiger partial charge is 0.0431 e. The third-order valence-electron chi connectivity index (χ3n) is 6.90. The molecule has 3 aromatic carbocycles. The van der Waals surface area contributed by atoms with E-state index in [0.717, 1.165) is 0 Å². The molecule has 0 saturated carbocycles. The number of fused-ring (bicyclic) bond motifs is 6. The zero-order valence-corrected chi connectivity index (χ0v) is 14.5. The molecule has 0 bridgehead atoms. The predicted molar refractivity (Wildman–Crippen MR) is 99.6 cm³/mol. The van der Waals surface area contributed by atoms with Gasteiger partial charge in [0.1, 0.15) is 0 Å². The van der Waals surface area contributed by atoms with Gasteiger partial charge in [0.15, 0.2) is 0 Å². The molecule has 2 aliphatic rings. The highest BCUT2D eigenvalue weighted by Gasteiger charge is 2.72. The minimum Gasteiger partial charge on any atom is -0.0622 e. The minimum atomic E-state index is 0.00153. The fourth-order valence-corrected chi connectivity index (χ4v) is 6.12. The molecule has 0 aromatic heterocycles. The first-order valence-corrected chi connectivity index (χ1v) is 8.82. The van der Waals surface area contributed by atoms with Crippen molar-refractivity contribution in [3.63, 3.8) is 0 Å². The summed E-state index contributed by atoms with van der Waals surface area (Å²) in [5.41, 5.74) is 7.50. The van der Waals surface area contributed by atoms with Crippen molar-refractivity contribution in [3.05, 3.63) is 107 Å². The van der Waals surface area contributed by atoms with Crippen molar-refractivity contribution in [2.24, 2.45) is 0 Å². The van der Waals surface area contributed by atoms with Crippen molar-refractivity contribution < 1.29 is 0 Å².